The van der Waals surface area contributed by atoms with Crippen LogP contribution in [-0.4, -0.2) is 37.5 Å². The Kier molecular flexibility index (Phi) is 7.07. The normalized spacial score (nSPS) is 14.8. The summed E-state index contributed by atoms with van der Waals surface area (Å²) in [5.74, 6) is -0.644. The number of hydrogen-bond donors (Lipinski definition) is 2. The summed E-state index contributed by atoms with van der Waals surface area (Å²) in [4.78, 5) is 28.1. The number of hydrogen-bond acceptors (Lipinski definition) is 5. The molecule has 34 heavy (non-hydrogen) atoms. The molecule has 3 aromatic carbocycles. The molecule has 176 valence electrons. The van der Waals surface area contributed by atoms with Crippen LogP contribution in [0.4, 0.5) is 11.4 Å². The molecule has 1 unspecified atom stereocenters. The Hall–Kier alpha value is -3.13. The number of anilines is 2. The molecular formula is C24H21Cl3N4O3. The van der Waals surface area contributed by atoms with Crippen LogP contribution in [0.15, 0.2) is 60.7 Å². The molecule has 1 heterocycles. The Morgan fingerprint density at radius 1 is 1.03 bits per heavy atom. The first-order chi connectivity index (χ1) is 16.2. The van der Waals surface area contributed by atoms with E-state index in [1.54, 1.807) is 30.3 Å². The van der Waals surface area contributed by atoms with Crippen molar-refractivity contribution in [2.45, 2.75) is 6.17 Å². The summed E-state index contributed by atoms with van der Waals surface area (Å²) in [5, 5.41) is 5.68. The summed E-state index contributed by atoms with van der Waals surface area (Å²) in [7, 11) is 3.88. The number of carbonyl (C=O) groups excluding carboxylic acids is 2. The number of nitrogens with one attached hydrogen (secondary N) is 2. The van der Waals surface area contributed by atoms with Crippen LogP contribution < -0.4 is 20.4 Å². The van der Waals surface area contributed by atoms with E-state index in [0.29, 0.717) is 27.0 Å². The Labute approximate surface area is 212 Å². The summed E-state index contributed by atoms with van der Waals surface area (Å²) < 4.78 is 5.51. The van der Waals surface area contributed by atoms with E-state index in [0.717, 1.165) is 11.3 Å². The zero-order valence-corrected chi connectivity index (χ0v) is 20.6. The number of carbonyl (C=O) groups is 2. The highest BCUT2D eigenvalue weighted by atomic mass is 35.5. The summed E-state index contributed by atoms with van der Waals surface area (Å²) >= 11 is 18.1. The largest absolute Gasteiger partial charge is 0.482 e. The van der Waals surface area contributed by atoms with E-state index in [-0.39, 0.29) is 11.6 Å². The highest BCUT2D eigenvalue weighted by Gasteiger charge is 2.34. The third kappa shape index (κ3) is 5.17. The summed E-state index contributed by atoms with van der Waals surface area (Å²) in [5.41, 5.74) is 5.39. The molecule has 0 bridgehead atoms. The van der Waals surface area contributed by atoms with Gasteiger partial charge in [0.1, 0.15) is 11.9 Å². The van der Waals surface area contributed by atoms with Crippen LogP contribution >= 0.6 is 34.8 Å². The van der Waals surface area contributed by atoms with Gasteiger partial charge < -0.3 is 15.0 Å². The van der Waals surface area contributed by atoms with Gasteiger partial charge in [0, 0.05) is 35.5 Å². The lowest BCUT2D eigenvalue weighted by atomic mass is 10.0. The van der Waals surface area contributed by atoms with E-state index in [9.17, 15) is 9.59 Å². The average molecular weight is 520 g/mol. The fraction of sp³-hybridized carbons (Fsp3) is 0.167. The van der Waals surface area contributed by atoms with Crippen LogP contribution in [0.1, 0.15) is 22.1 Å². The van der Waals surface area contributed by atoms with Gasteiger partial charge in [-0.15, -0.1) is 0 Å². The van der Waals surface area contributed by atoms with Crippen molar-refractivity contribution in [3.63, 3.8) is 0 Å². The standard InChI is InChI=1S/C24H21Cl3N4O3/c1-30(2)17-7-3-14(4-8-17)23-28-20-9-5-15(25)11-18(20)24(33)31(23)29-22(32)13-34-21-10-6-16(26)12-19(21)27/h3-12,23,28H,13H2,1-2H3,(H,29,32). The lowest BCUT2D eigenvalue weighted by Crippen LogP contribution is -2.53. The van der Waals surface area contributed by atoms with Crippen LogP contribution in [0, 0.1) is 0 Å². The smallest absolute Gasteiger partial charge is 0.276 e. The van der Waals surface area contributed by atoms with Gasteiger partial charge in [0.2, 0.25) is 0 Å². The number of halogens is 3. The zero-order chi connectivity index (χ0) is 24.4. The van der Waals surface area contributed by atoms with Crippen molar-refractivity contribution < 1.29 is 14.3 Å². The molecule has 2 N–H and O–H groups in total. The first kappa shape index (κ1) is 24.0. The van der Waals surface area contributed by atoms with E-state index in [1.165, 1.54) is 11.1 Å². The zero-order valence-electron chi connectivity index (χ0n) is 18.3. The van der Waals surface area contributed by atoms with Crippen molar-refractivity contribution in [3.05, 3.63) is 86.9 Å². The average Bonchev–Trinajstić information content (AvgIpc) is 2.80. The van der Waals surface area contributed by atoms with Gasteiger partial charge in [-0.3, -0.25) is 15.0 Å². The van der Waals surface area contributed by atoms with E-state index < -0.39 is 18.0 Å². The minimum atomic E-state index is -0.652. The molecular weight excluding hydrogens is 499 g/mol. The molecule has 0 fully saturated rings. The minimum Gasteiger partial charge on any atom is -0.482 e. The molecule has 3 aromatic rings. The first-order valence-corrected chi connectivity index (χ1v) is 11.4. The number of fused-ring (bicyclic) bond motifs is 1. The number of nitrogens with zero attached hydrogens (tertiary/aromatic N) is 2. The summed E-state index contributed by atoms with van der Waals surface area (Å²) in [6, 6.07) is 17.3. The van der Waals surface area contributed by atoms with Crippen LogP contribution in [0.3, 0.4) is 0 Å². The van der Waals surface area contributed by atoms with Crippen LogP contribution in [-0.2, 0) is 4.79 Å². The van der Waals surface area contributed by atoms with Crippen LogP contribution in [0.25, 0.3) is 0 Å². The molecule has 0 spiro atoms. The highest BCUT2D eigenvalue weighted by Crippen LogP contribution is 2.34. The Morgan fingerprint density at radius 3 is 2.38 bits per heavy atom. The molecule has 1 aliphatic heterocycles. The maximum absolute atomic E-state index is 13.4. The molecule has 0 aromatic heterocycles. The monoisotopic (exact) mass is 518 g/mol. The minimum absolute atomic E-state index is 0.276. The third-order valence-corrected chi connectivity index (χ3v) is 5.97. The number of benzene rings is 3. The van der Waals surface area contributed by atoms with Crippen LogP contribution in [0.5, 0.6) is 5.75 Å². The fourth-order valence-corrected chi connectivity index (χ4v) is 4.12. The molecule has 10 heteroatoms. The van der Waals surface area contributed by atoms with Gasteiger partial charge in [0.15, 0.2) is 6.61 Å². The predicted octanol–water partition coefficient (Wildman–Crippen LogP) is 5.39. The Bertz CT molecular complexity index is 1230. The quantitative estimate of drug-likeness (QED) is 0.457. The van der Waals surface area contributed by atoms with Crippen molar-refractivity contribution >= 4 is 58.0 Å². The van der Waals surface area contributed by atoms with Gasteiger partial charge in [0.05, 0.1) is 10.6 Å². The summed E-state index contributed by atoms with van der Waals surface area (Å²) in [6.07, 6.45) is -0.652. The number of amides is 2. The molecule has 0 saturated carbocycles. The van der Waals surface area contributed by atoms with Crippen LogP contribution in [0.2, 0.25) is 15.1 Å². The number of rotatable bonds is 6. The van der Waals surface area contributed by atoms with Gasteiger partial charge in [-0.25, -0.2) is 5.01 Å². The molecule has 1 atom stereocenters. The molecule has 2 amide bonds. The second-order valence-electron chi connectivity index (χ2n) is 7.80. The van der Waals surface area contributed by atoms with Crippen molar-refractivity contribution in [1.29, 1.82) is 0 Å². The Balaban J connectivity index is 1.58. The summed E-state index contributed by atoms with van der Waals surface area (Å²) in [6.45, 7) is -0.361. The van der Waals surface area contributed by atoms with Gasteiger partial charge in [0.25, 0.3) is 11.8 Å². The van der Waals surface area contributed by atoms with Crippen molar-refractivity contribution in [2.24, 2.45) is 0 Å². The topological polar surface area (TPSA) is 73.9 Å². The van der Waals surface area contributed by atoms with E-state index in [2.05, 4.69) is 10.7 Å². The maximum Gasteiger partial charge on any atom is 0.276 e. The van der Waals surface area contributed by atoms with E-state index in [1.807, 2.05) is 43.3 Å². The molecule has 7 nitrogen and oxygen atoms in total. The van der Waals surface area contributed by atoms with Gasteiger partial charge in [-0.1, -0.05) is 46.9 Å². The molecule has 0 saturated heterocycles. The lowest BCUT2D eigenvalue weighted by Gasteiger charge is -2.38. The molecule has 4 rings (SSSR count). The van der Waals surface area contributed by atoms with E-state index in [4.69, 9.17) is 39.5 Å². The highest BCUT2D eigenvalue weighted by molar-refractivity contribution is 6.35. The van der Waals surface area contributed by atoms with Gasteiger partial charge in [-0.05, 0) is 54.1 Å². The fourth-order valence-electron chi connectivity index (χ4n) is 3.48. The lowest BCUT2D eigenvalue weighted by molar-refractivity contribution is -0.127. The SMILES string of the molecule is CN(C)c1ccc(C2Nc3ccc(Cl)cc3C(=O)N2NC(=O)COc2ccc(Cl)cc2Cl)cc1. The van der Waals surface area contributed by atoms with Gasteiger partial charge in [-0.2, -0.15) is 0 Å². The molecule has 0 aliphatic carbocycles. The van der Waals surface area contributed by atoms with E-state index >= 15 is 0 Å². The maximum atomic E-state index is 13.4. The predicted molar refractivity (Wildman–Crippen MR) is 135 cm³/mol. The Morgan fingerprint density at radius 2 is 1.71 bits per heavy atom. The molecule has 0 radical (unpaired) electrons. The number of hydrazine groups is 1. The number of ether oxygens (including phenoxy) is 1. The van der Waals surface area contributed by atoms with Crippen molar-refractivity contribution in [1.82, 2.24) is 10.4 Å². The molecule has 1 aliphatic rings. The van der Waals surface area contributed by atoms with Gasteiger partial charge >= 0.3 is 0 Å². The van der Waals surface area contributed by atoms with Crippen molar-refractivity contribution in [2.75, 3.05) is 30.9 Å². The second-order valence-corrected chi connectivity index (χ2v) is 9.08. The third-order valence-electron chi connectivity index (χ3n) is 5.20. The first-order valence-electron chi connectivity index (χ1n) is 10.3. The second kappa shape index (κ2) is 10.0. The van der Waals surface area contributed by atoms with Crippen molar-refractivity contribution in [3.8, 4) is 5.75 Å².